The molecule has 0 spiro atoms. The number of nitrogens with zero attached hydrogens (tertiary/aromatic N) is 1. The third kappa shape index (κ3) is 3.80. The zero-order chi connectivity index (χ0) is 17.8. The van der Waals surface area contributed by atoms with Gasteiger partial charge in [0.05, 0.1) is 19.2 Å². The van der Waals surface area contributed by atoms with Crippen LogP contribution in [0, 0.1) is 6.92 Å². The number of aromatic nitrogens is 1. The average Bonchev–Trinajstić information content (AvgIpc) is 3.05. The molecular weight excluding hydrogens is 320 g/mol. The van der Waals surface area contributed by atoms with Gasteiger partial charge in [0.25, 0.3) is 11.5 Å². The lowest BCUT2D eigenvalue weighted by atomic mass is 10.2. The summed E-state index contributed by atoms with van der Waals surface area (Å²) in [5.74, 6) is 1.88. The molecule has 0 bridgehead atoms. The average molecular weight is 338 g/mol. The highest BCUT2D eigenvalue weighted by Crippen LogP contribution is 2.14. The van der Waals surface area contributed by atoms with E-state index in [1.165, 1.54) is 22.9 Å². The Morgan fingerprint density at radius 3 is 2.52 bits per heavy atom. The number of nitrogens with one attached hydrogen (secondary N) is 1. The van der Waals surface area contributed by atoms with Crippen LogP contribution >= 0.6 is 0 Å². The van der Waals surface area contributed by atoms with Crippen LogP contribution in [0.3, 0.4) is 0 Å². The molecule has 6 nitrogen and oxygen atoms in total. The molecule has 0 aliphatic carbocycles. The van der Waals surface area contributed by atoms with Crippen LogP contribution in [0.5, 0.6) is 5.75 Å². The molecule has 0 radical (unpaired) electrons. The summed E-state index contributed by atoms with van der Waals surface area (Å²) in [5.41, 5.74) is 0.823. The summed E-state index contributed by atoms with van der Waals surface area (Å²) in [6, 6.07) is 13.6. The van der Waals surface area contributed by atoms with E-state index in [0.717, 1.165) is 5.76 Å². The van der Waals surface area contributed by atoms with Gasteiger partial charge in [-0.05, 0) is 49.4 Å². The lowest BCUT2D eigenvalue weighted by Crippen LogP contribution is -2.25. The molecule has 2 heterocycles. The Hall–Kier alpha value is -3.28. The van der Waals surface area contributed by atoms with E-state index in [2.05, 4.69) is 5.32 Å². The van der Waals surface area contributed by atoms with Crippen LogP contribution in [0.25, 0.3) is 5.69 Å². The number of benzene rings is 1. The highest BCUT2D eigenvalue weighted by molar-refractivity contribution is 5.93. The van der Waals surface area contributed by atoms with Crippen molar-refractivity contribution < 1.29 is 13.9 Å². The molecule has 0 saturated carbocycles. The Morgan fingerprint density at radius 2 is 1.88 bits per heavy atom. The van der Waals surface area contributed by atoms with Crippen LogP contribution in [0.1, 0.15) is 21.9 Å². The number of pyridine rings is 1. The minimum Gasteiger partial charge on any atom is -0.497 e. The SMILES string of the molecule is COc1ccc(-n2cc(C(=O)NCc3ccc(C)o3)ccc2=O)cc1. The van der Waals surface area contributed by atoms with E-state index < -0.39 is 0 Å². The van der Waals surface area contributed by atoms with E-state index in [1.807, 2.05) is 19.1 Å². The predicted molar refractivity (Wildman–Crippen MR) is 93.2 cm³/mol. The second-order valence-corrected chi connectivity index (χ2v) is 5.52. The van der Waals surface area contributed by atoms with Gasteiger partial charge in [0.2, 0.25) is 0 Å². The van der Waals surface area contributed by atoms with Gasteiger partial charge < -0.3 is 14.5 Å². The first-order valence-corrected chi connectivity index (χ1v) is 7.77. The van der Waals surface area contributed by atoms with Gasteiger partial charge in [0, 0.05) is 18.0 Å². The number of methoxy groups -OCH3 is 1. The second kappa shape index (κ2) is 7.09. The molecule has 1 amide bonds. The molecule has 0 unspecified atom stereocenters. The van der Waals surface area contributed by atoms with Crippen molar-refractivity contribution in [2.75, 3.05) is 7.11 Å². The first kappa shape index (κ1) is 16.6. The third-order valence-corrected chi connectivity index (χ3v) is 3.74. The van der Waals surface area contributed by atoms with Crippen molar-refractivity contribution in [1.29, 1.82) is 0 Å². The molecule has 1 aromatic carbocycles. The quantitative estimate of drug-likeness (QED) is 0.776. The van der Waals surface area contributed by atoms with Crippen molar-refractivity contribution in [3.8, 4) is 11.4 Å². The molecule has 0 atom stereocenters. The molecule has 0 fully saturated rings. The van der Waals surface area contributed by atoms with Crippen LogP contribution in [-0.4, -0.2) is 17.6 Å². The maximum atomic E-state index is 12.3. The summed E-state index contributed by atoms with van der Waals surface area (Å²) in [6.07, 6.45) is 1.52. The molecule has 0 aliphatic heterocycles. The van der Waals surface area contributed by atoms with Crippen molar-refractivity contribution in [3.63, 3.8) is 0 Å². The van der Waals surface area contributed by atoms with Gasteiger partial charge in [-0.25, -0.2) is 0 Å². The summed E-state index contributed by atoms with van der Waals surface area (Å²) >= 11 is 0. The van der Waals surface area contributed by atoms with Crippen molar-refractivity contribution in [1.82, 2.24) is 9.88 Å². The summed E-state index contributed by atoms with van der Waals surface area (Å²) in [4.78, 5) is 24.4. The number of furan rings is 1. The molecular formula is C19H18N2O4. The minimum absolute atomic E-state index is 0.219. The van der Waals surface area contributed by atoms with Gasteiger partial charge in [0.15, 0.2) is 0 Å². The fourth-order valence-corrected chi connectivity index (χ4v) is 2.42. The molecule has 25 heavy (non-hydrogen) atoms. The van der Waals surface area contributed by atoms with E-state index in [1.54, 1.807) is 31.4 Å². The monoisotopic (exact) mass is 338 g/mol. The van der Waals surface area contributed by atoms with Gasteiger partial charge in [-0.1, -0.05) is 0 Å². The largest absolute Gasteiger partial charge is 0.497 e. The molecule has 128 valence electrons. The fourth-order valence-electron chi connectivity index (χ4n) is 2.42. The Labute approximate surface area is 144 Å². The number of carbonyl (C=O) groups is 1. The summed E-state index contributed by atoms with van der Waals surface area (Å²) in [5, 5.41) is 2.78. The zero-order valence-electron chi connectivity index (χ0n) is 14.0. The van der Waals surface area contributed by atoms with Gasteiger partial charge in [-0.3, -0.25) is 14.2 Å². The lowest BCUT2D eigenvalue weighted by molar-refractivity contribution is 0.0947. The number of ether oxygens (including phenoxy) is 1. The number of hydrogen-bond donors (Lipinski definition) is 1. The van der Waals surface area contributed by atoms with Crippen molar-refractivity contribution in [2.45, 2.75) is 13.5 Å². The van der Waals surface area contributed by atoms with Crippen LogP contribution in [0.4, 0.5) is 0 Å². The minimum atomic E-state index is -0.281. The number of rotatable bonds is 5. The van der Waals surface area contributed by atoms with Crippen molar-refractivity contribution in [3.05, 3.63) is 82.2 Å². The first-order valence-electron chi connectivity index (χ1n) is 7.77. The van der Waals surface area contributed by atoms with E-state index in [0.29, 0.717) is 22.8 Å². The van der Waals surface area contributed by atoms with Gasteiger partial charge in [0.1, 0.15) is 17.3 Å². The standard InChI is InChI=1S/C19H18N2O4/c1-13-3-7-17(25-13)11-20-19(23)14-4-10-18(22)21(12-14)15-5-8-16(24-2)9-6-15/h3-10,12H,11H2,1-2H3,(H,20,23). The van der Waals surface area contributed by atoms with Crippen molar-refractivity contribution >= 4 is 5.91 Å². The highest BCUT2D eigenvalue weighted by atomic mass is 16.5. The molecule has 1 N–H and O–H groups in total. The first-order chi connectivity index (χ1) is 12.1. The van der Waals surface area contributed by atoms with Crippen LogP contribution in [-0.2, 0) is 6.54 Å². The number of carbonyl (C=O) groups excluding carboxylic acids is 1. The Bertz CT molecular complexity index is 939. The highest BCUT2D eigenvalue weighted by Gasteiger charge is 2.10. The Kier molecular flexibility index (Phi) is 4.70. The molecule has 0 aliphatic rings. The summed E-state index contributed by atoms with van der Waals surface area (Å²) < 4.78 is 12.0. The molecule has 6 heteroatoms. The smallest absolute Gasteiger partial charge is 0.255 e. The van der Waals surface area contributed by atoms with Gasteiger partial charge >= 0.3 is 0 Å². The third-order valence-electron chi connectivity index (χ3n) is 3.74. The fraction of sp³-hybridized carbons (Fsp3) is 0.158. The molecule has 3 aromatic rings. The normalized spacial score (nSPS) is 10.5. The maximum absolute atomic E-state index is 12.3. The van der Waals surface area contributed by atoms with Gasteiger partial charge in [-0.15, -0.1) is 0 Å². The Balaban J connectivity index is 1.80. The zero-order valence-corrected chi connectivity index (χ0v) is 14.0. The van der Waals surface area contributed by atoms with Gasteiger partial charge in [-0.2, -0.15) is 0 Å². The maximum Gasteiger partial charge on any atom is 0.255 e. The van der Waals surface area contributed by atoms with E-state index >= 15 is 0 Å². The second-order valence-electron chi connectivity index (χ2n) is 5.52. The predicted octanol–water partition coefficient (Wildman–Crippen LogP) is 2.68. The van der Waals surface area contributed by atoms with Crippen LogP contribution in [0.15, 0.2) is 63.9 Å². The van der Waals surface area contributed by atoms with Crippen LogP contribution < -0.4 is 15.6 Å². The van der Waals surface area contributed by atoms with Crippen LogP contribution in [0.2, 0.25) is 0 Å². The summed E-state index contributed by atoms with van der Waals surface area (Å²) in [6.45, 7) is 2.13. The topological polar surface area (TPSA) is 73.5 Å². The van der Waals surface area contributed by atoms with E-state index in [4.69, 9.17) is 9.15 Å². The summed E-state index contributed by atoms with van der Waals surface area (Å²) in [7, 11) is 1.58. The Morgan fingerprint density at radius 1 is 1.12 bits per heavy atom. The number of aryl methyl sites for hydroxylation is 1. The number of hydrogen-bond acceptors (Lipinski definition) is 4. The van der Waals surface area contributed by atoms with E-state index in [-0.39, 0.29) is 18.0 Å². The molecule has 3 rings (SSSR count). The molecule has 0 saturated heterocycles. The number of amides is 1. The lowest BCUT2D eigenvalue weighted by Gasteiger charge is -2.09. The van der Waals surface area contributed by atoms with E-state index in [9.17, 15) is 9.59 Å². The molecule has 2 aromatic heterocycles. The van der Waals surface area contributed by atoms with Crippen molar-refractivity contribution in [2.24, 2.45) is 0 Å².